The van der Waals surface area contributed by atoms with Gasteiger partial charge in [-0.1, -0.05) is 6.92 Å². The van der Waals surface area contributed by atoms with Gasteiger partial charge in [-0.25, -0.2) is 0 Å². The van der Waals surface area contributed by atoms with Crippen LogP contribution in [0.4, 0.5) is 0 Å². The highest BCUT2D eigenvalue weighted by Gasteiger charge is 1.66. The minimum absolute atomic E-state index is 0.889. The van der Waals surface area contributed by atoms with E-state index in [4.69, 9.17) is 4.74 Å². The van der Waals surface area contributed by atoms with Crippen LogP contribution in [0.15, 0.2) is 0 Å². The third-order valence-corrected chi connectivity index (χ3v) is 0.408. The van der Waals surface area contributed by atoms with Crippen LogP contribution in [0.2, 0.25) is 0 Å². The molecule has 0 aliphatic carbocycles. The Bertz CT molecular complexity index is 20.5. The first-order valence-corrected chi connectivity index (χ1v) is 2.72. The molecule has 0 spiro atoms. The molecule has 0 fully saturated rings. The van der Waals surface area contributed by atoms with Gasteiger partial charge in [-0.15, -0.1) is 0 Å². The Morgan fingerprint density at radius 1 is 1.12 bits per heavy atom. The molecule has 0 aliphatic heterocycles. The van der Waals surface area contributed by atoms with E-state index in [1.165, 1.54) is 0 Å². The van der Waals surface area contributed by atoms with Gasteiger partial charge < -0.3 is 9.47 Å². The minimum atomic E-state index is 0.889. The lowest BCUT2D eigenvalue weighted by Crippen LogP contribution is -1.80. The first-order chi connectivity index (χ1) is 3.83. The predicted molar refractivity (Wildman–Crippen MR) is 35.1 cm³/mol. The lowest BCUT2D eigenvalue weighted by atomic mass is 10.5. The highest BCUT2D eigenvalue weighted by atomic mass is 16.5. The Kier molecular flexibility index (Phi) is 21.3. The zero-order valence-corrected chi connectivity index (χ0v) is 6.23. The van der Waals surface area contributed by atoms with Gasteiger partial charge in [-0.3, -0.25) is 0 Å². The van der Waals surface area contributed by atoms with Gasteiger partial charge in [0.1, 0.15) is 0 Å². The molecule has 0 bridgehead atoms. The highest BCUT2D eigenvalue weighted by molar-refractivity contribution is 4.15. The van der Waals surface area contributed by atoms with Crippen molar-refractivity contribution in [3.05, 3.63) is 0 Å². The zero-order valence-electron chi connectivity index (χ0n) is 6.23. The maximum atomic E-state index is 4.69. The van der Waals surface area contributed by atoms with Crippen molar-refractivity contribution in [1.29, 1.82) is 0 Å². The van der Waals surface area contributed by atoms with E-state index in [0.29, 0.717) is 0 Å². The van der Waals surface area contributed by atoms with Gasteiger partial charge in [0.15, 0.2) is 0 Å². The van der Waals surface area contributed by atoms with Gasteiger partial charge in [-0.05, 0) is 6.42 Å². The molecule has 2 nitrogen and oxygen atoms in total. The molecule has 0 unspecified atom stereocenters. The summed E-state index contributed by atoms with van der Waals surface area (Å²) in [6.07, 6.45) is 1.12. The molecule has 0 aliphatic rings. The summed E-state index contributed by atoms with van der Waals surface area (Å²) in [4.78, 5) is 0. The van der Waals surface area contributed by atoms with Crippen molar-refractivity contribution in [2.45, 2.75) is 13.3 Å². The maximum Gasteiger partial charge on any atom is 0.0459 e. The molecule has 2 heteroatoms. The Hall–Kier alpha value is -0.0800. The number of hydrogen-bond acceptors (Lipinski definition) is 2. The normalized spacial score (nSPS) is 7.50. The molecule has 0 saturated heterocycles. The quantitative estimate of drug-likeness (QED) is 0.547. The van der Waals surface area contributed by atoms with Crippen LogP contribution in [-0.4, -0.2) is 27.9 Å². The molecule has 0 radical (unpaired) electrons. The molecular formula is C6H16O2. The molecular weight excluding hydrogens is 104 g/mol. The van der Waals surface area contributed by atoms with Gasteiger partial charge in [0.05, 0.1) is 0 Å². The van der Waals surface area contributed by atoms with E-state index in [0.717, 1.165) is 13.0 Å². The molecule has 0 atom stereocenters. The summed E-state index contributed by atoms with van der Waals surface area (Å²) in [7, 11) is 4.96. The van der Waals surface area contributed by atoms with Crippen molar-refractivity contribution < 1.29 is 9.47 Å². The molecule has 0 aromatic heterocycles. The minimum Gasteiger partial charge on any atom is -0.388 e. The summed E-state index contributed by atoms with van der Waals surface area (Å²) in [5.74, 6) is 0. The molecule has 0 rings (SSSR count). The Balaban J connectivity index is 0. The summed E-state index contributed by atoms with van der Waals surface area (Å²) in [6, 6.07) is 0. The number of ether oxygens (including phenoxy) is 2. The Labute approximate surface area is 51.8 Å². The van der Waals surface area contributed by atoms with Crippen LogP contribution in [0.1, 0.15) is 13.3 Å². The van der Waals surface area contributed by atoms with Crippen LogP contribution in [0.25, 0.3) is 0 Å². The fourth-order valence-corrected chi connectivity index (χ4v) is 0.204. The van der Waals surface area contributed by atoms with E-state index >= 15 is 0 Å². The molecule has 8 heavy (non-hydrogen) atoms. The second-order valence-corrected chi connectivity index (χ2v) is 1.40. The number of hydrogen-bond donors (Lipinski definition) is 0. The second-order valence-electron chi connectivity index (χ2n) is 1.40. The fourth-order valence-electron chi connectivity index (χ4n) is 0.204. The molecule has 0 aromatic carbocycles. The number of rotatable bonds is 2. The van der Waals surface area contributed by atoms with Gasteiger partial charge in [-0.2, -0.15) is 0 Å². The van der Waals surface area contributed by atoms with Crippen LogP contribution in [0, 0.1) is 0 Å². The molecule has 0 amide bonds. The van der Waals surface area contributed by atoms with E-state index < -0.39 is 0 Å². The Morgan fingerprint density at radius 2 is 1.50 bits per heavy atom. The summed E-state index contributed by atoms with van der Waals surface area (Å²) in [5.41, 5.74) is 0. The zero-order chi connectivity index (χ0) is 6.83. The largest absolute Gasteiger partial charge is 0.388 e. The first-order valence-electron chi connectivity index (χ1n) is 2.72. The van der Waals surface area contributed by atoms with Crippen molar-refractivity contribution in [2.75, 3.05) is 27.9 Å². The SMILES string of the molecule is CCCOC.COC. The third kappa shape index (κ3) is 38.9. The molecule has 0 heterocycles. The average Bonchev–Trinajstić information content (AvgIpc) is 1.71. The van der Waals surface area contributed by atoms with E-state index in [-0.39, 0.29) is 0 Å². The van der Waals surface area contributed by atoms with Crippen molar-refractivity contribution in [3.8, 4) is 0 Å². The fraction of sp³-hybridized carbons (Fsp3) is 1.00. The van der Waals surface area contributed by atoms with Crippen LogP contribution in [0.3, 0.4) is 0 Å². The summed E-state index contributed by atoms with van der Waals surface area (Å²) in [5, 5.41) is 0. The standard InChI is InChI=1S/C4H10O.C2H6O/c1-3-4-5-2;1-3-2/h3-4H2,1-2H3;1-2H3. The van der Waals surface area contributed by atoms with Crippen molar-refractivity contribution in [1.82, 2.24) is 0 Å². The van der Waals surface area contributed by atoms with Crippen molar-refractivity contribution >= 4 is 0 Å². The van der Waals surface area contributed by atoms with Gasteiger partial charge in [0.25, 0.3) is 0 Å². The molecule has 0 saturated carbocycles. The van der Waals surface area contributed by atoms with Crippen LogP contribution >= 0.6 is 0 Å². The first kappa shape index (κ1) is 10.8. The lowest BCUT2D eigenvalue weighted by molar-refractivity contribution is 0.199. The molecule has 0 aromatic rings. The van der Waals surface area contributed by atoms with E-state index in [9.17, 15) is 0 Å². The van der Waals surface area contributed by atoms with Crippen molar-refractivity contribution in [3.63, 3.8) is 0 Å². The third-order valence-electron chi connectivity index (χ3n) is 0.408. The van der Waals surface area contributed by atoms with Gasteiger partial charge >= 0.3 is 0 Å². The lowest BCUT2D eigenvalue weighted by Gasteiger charge is -1.84. The molecule has 0 N–H and O–H groups in total. The van der Waals surface area contributed by atoms with Gasteiger partial charge in [0, 0.05) is 27.9 Å². The van der Waals surface area contributed by atoms with E-state index in [1.807, 2.05) is 0 Å². The summed E-state index contributed by atoms with van der Waals surface area (Å²) >= 11 is 0. The van der Waals surface area contributed by atoms with Crippen LogP contribution in [0.5, 0.6) is 0 Å². The van der Waals surface area contributed by atoms with Crippen LogP contribution < -0.4 is 0 Å². The maximum absolute atomic E-state index is 4.69. The van der Waals surface area contributed by atoms with Crippen molar-refractivity contribution in [2.24, 2.45) is 0 Å². The Morgan fingerprint density at radius 3 is 1.50 bits per heavy atom. The average molecular weight is 120 g/mol. The second kappa shape index (κ2) is 15.8. The predicted octanol–water partition coefficient (Wildman–Crippen LogP) is 1.31. The monoisotopic (exact) mass is 120 g/mol. The highest BCUT2D eigenvalue weighted by Crippen LogP contribution is 1.70. The van der Waals surface area contributed by atoms with E-state index in [2.05, 4.69) is 11.7 Å². The summed E-state index contributed by atoms with van der Waals surface area (Å²) in [6.45, 7) is 2.98. The van der Waals surface area contributed by atoms with E-state index in [1.54, 1.807) is 21.3 Å². The summed E-state index contributed by atoms with van der Waals surface area (Å²) < 4.78 is 8.94. The smallest absolute Gasteiger partial charge is 0.0459 e. The van der Waals surface area contributed by atoms with Crippen LogP contribution in [-0.2, 0) is 9.47 Å². The molecule has 52 valence electrons. The topological polar surface area (TPSA) is 18.5 Å². The van der Waals surface area contributed by atoms with Gasteiger partial charge in [0.2, 0.25) is 0 Å². The number of methoxy groups -OCH3 is 2.